The molecule has 7 unspecified atom stereocenters. The van der Waals surface area contributed by atoms with Gasteiger partial charge in [0.25, 0.3) is 0 Å². The van der Waals surface area contributed by atoms with Crippen molar-refractivity contribution in [1.82, 2.24) is 0 Å². The summed E-state index contributed by atoms with van der Waals surface area (Å²) in [6, 6.07) is 0. The fourth-order valence-electron chi connectivity index (χ4n) is 7.02. The average Bonchev–Trinajstić information content (AvgIpc) is 2.91. The number of hydrogen-bond acceptors (Lipinski definition) is 3. The van der Waals surface area contributed by atoms with E-state index >= 15 is 0 Å². The van der Waals surface area contributed by atoms with Crippen LogP contribution in [-0.4, -0.2) is 17.0 Å². The first-order valence-electron chi connectivity index (χ1n) is 10.3. The Morgan fingerprint density at radius 1 is 1.04 bits per heavy atom. The van der Waals surface area contributed by atoms with Gasteiger partial charge in [-0.05, 0) is 91.8 Å². The number of aliphatic hydroxyl groups is 1. The van der Waals surface area contributed by atoms with Crippen molar-refractivity contribution < 1.29 is 9.90 Å². The molecule has 3 heteroatoms. The van der Waals surface area contributed by atoms with Gasteiger partial charge < -0.3 is 5.11 Å². The number of carbonyl (C=O) groups is 1. The van der Waals surface area contributed by atoms with Crippen molar-refractivity contribution in [3.63, 3.8) is 0 Å². The van der Waals surface area contributed by atoms with Crippen molar-refractivity contribution in [3.05, 3.63) is 11.5 Å². The molecule has 2 nitrogen and oxygen atoms in total. The van der Waals surface area contributed by atoms with E-state index in [-0.39, 0.29) is 11.5 Å². The van der Waals surface area contributed by atoms with Crippen LogP contribution >= 0.6 is 12.6 Å². The molecule has 0 aromatic carbocycles. The second kappa shape index (κ2) is 7.38. The van der Waals surface area contributed by atoms with E-state index in [0.29, 0.717) is 17.1 Å². The van der Waals surface area contributed by atoms with Crippen LogP contribution in [0.4, 0.5) is 0 Å². The van der Waals surface area contributed by atoms with E-state index in [1.54, 1.807) is 5.41 Å². The van der Waals surface area contributed by atoms with Crippen molar-refractivity contribution in [1.29, 1.82) is 0 Å². The minimum atomic E-state index is -0.0677. The standard InChI is InChI=1S/C19H30O2.C3H6S/c1-18-9-7-13(20)11-12(18)3-4-14-15-5-6-17(21)19(15,2)10-8-16(14)18;1-2-3-4/h12,14-17,21H,3-11H2,1-2H3;2-4H,1H3/b;3-2+. The van der Waals surface area contributed by atoms with Crippen LogP contribution in [0.2, 0.25) is 0 Å². The summed E-state index contributed by atoms with van der Waals surface area (Å²) < 4.78 is 0. The lowest BCUT2D eigenvalue weighted by Crippen LogP contribution is -2.54. The minimum absolute atomic E-state index is 0.0677. The summed E-state index contributed by atoms with van der Waals surface area (Å²) in [5.41, 5.74) is 0.598. The Morgan fingerprint density at radius 3 is 2.40 bits per heavy atom. The molecule has 0 bridgehead atoms. The van der Waals surface area contributed by atoms with Crippen molar-refractivity contribution in [2.45, 2.75) is 84.7 Å². The highest BCUT2D eigenvalue weighted by atomic mass is 32.1. The molecule has 0 aromatic rings. The first kappa shape index (κ1) is 19.5. The monoisotopic (exact) mass is 364 g/mol. The first-order chi connectivity index (χ1) is 11.9. The van der Waals surface area contributed by atoms with Crippen LogP contribution in [0.1, 0.15) is 78.6 Å². The Labute approximate surface area is 159 Å². The maximum absolute atomic E-state index is 11.9. The highest BCUT2D eigenvalue weighted by Gasteiger charge is 2.59. The van der Waals surface area contributed by atoms with E-state index in [1.165, 1.54) is 32.1 Å². The second-order valence-electron chi connectivity index (χ2n) is 9.52. The molecule has 0 aliphatic heterocycles. The lowest BCUT2D eigenvalue weighted by Gasteiger charge is -2.60. The molecular weight excluding hydrogens is 328 g/mol. The Kier molecular flexibility index (Phi) is 5.75. The number of hydrogen-bond donors (Lipinski definition) is 2. The van der Waals surface area contributed by atoms with Gasteiger partial charge in [-0.1, -0.05) is 19.9 Å². The Morgan fingerprint density at radius 2 is 1.72 bits per heavy atom. The molecule has 0 amide bonds. The van der Waals surface area contributed by atoms with Gasteiger partial charge in [0.2, 0.25) is 0 Å². The number of thiol groups is 1. The molecule has 7 atom stereocenters. The zero-order valence-corrected chi connectivity index (χ0v) is 17.1. The van der Waals surface area contributed by atoms with Gasteiger partial charge in [0.1, 0.15) is 5.78 Å². The van der Waals surface area contributed by atoms with Gasteiger partial charge >= 0.3 is 0 Å². The maximum atomic E-state index is 11.9. The lowest BCUT2D eigenvalue weighted by molar-refractivity contribution is -0.141. The number of carbonyl (C=O) groups excluding carboxylic acids is 1. The summed E-state index contributed by atoms with van der Waals surface area (Å²) in [4.78, 5) is 11.9. The third-order valence-corrected chi connectivity index (χ3v) is 8.88. The summed E-state index contributed by atoms with van der Waals surface area (Å²) in [5.74, 6) is 3.52. The maximum Gasteiger partial charge on any atom is 0.133 e. The summed E-state index contributed by atoms with van der Waals surface area (Å²) in [7, 11) is 0. The molecule has 4 aliphatic rings. The molecule has 1 N–H and O–H groups in total. The van der Waals surface area contributed by atoms with E-state index < -0.39 is 0 Å². The molecular formula is C22H36O2S. The van der Waals surface area contributed by atoms with Gasteiger partial charge in [-0.15, -0.1) is 0 Å². The van der Waals surface area contributed by atoms with Crippen LogP contribution in [0.15, 0.2) is 11.5 Å². The smallest absolute Gasteiger partial charge is 0.133 e. The zero-order chi connectivity index (χ0) is 18.2. The zero-order valence-electron chi connectivity index (χ0n) is 16.2. The van der Waals surface area contributed by atoms with Crippen LogP contribution in [0.3, 0.4) is 0 Å². The first-order valence-corrected chi connectivity index (χ1v) is 10.8. The predicted molar refractivity (Wildman–Crippen MR) is 107 cm³/mol. The Bertz CT molecular complexity index is 526. The van der Waals surface area contributed by atoms with E-state index in [9.17, 15) is 9.90 Å². The number of ketones is 1. The number of Topliss-reactive ketones (excluding diaryl/α,β-unsaturated/α-hetero) is 1. The molecule has 4 saturated carbocycles. The molecule has 0 saturated heterocycles. The van der Waals surface area contributed by atoms with Gasteiger partial charge in [-0.2, -0.15) is 12.6 Å². The van der Waals surface area contributed by atoms with E-state index in [1.807, 2.05) is 13.0 Å². The third kappa shape index (κ3) is 3.25. The fraction of sp³-hybridized carbons (Fsp3) is 0.864. The van der Waals surface area contributed by atoms with E-state index in [4.69, 9.17) is 0 Å². The van der Waals surface area contributed by atoms with E-state index in [0.717, 1.165) is 43.4 Å². The summed E-state index contributed by atoms with van der Waals surface area (Å²) >= 11 is 3.74. The number of allylic oxidation sites excluding steroid dienone is 1. The Hall–Kier alpha value is -0.280. The molecule has 0 aromatic heterocycles. The lowest BCUT2D eigenvalue weighted by atomic mass is 9.45. The Balaban J connectivity index is 0.000000415. The molecule has 4 fully saturated rings. The van der Waals surface area contributed by atoms with Crippen LogP contribution in [0, 0.1) is 34.5 Å². The molecule has 25 heavy (non-hydrogen) atoms. The normalized spacial score (nSPS) is 49.0. The van der Waals surface area contributed by atoms with E-state index in [2.05, 4.69) is 26.5 Å². The van der Waals surface area contributed by atoms with Crippen molar-refractivity contribution >= 4 is 18.4 Å². The largest absolute Gasteiger partial charge is 0.393 e. The van der Waals surface area contributed by atoms with Crippen LogP contribution in [-0.2, 0) is 4.79 Å². The topological polar surface area (TPSA) is 37.3 Å². The SMILES string of the molecule is C/C=C/S.CC12CCC3C(CCC4CC(=O)CCC43C)C1CCC2O. The van der Waals surface area contributed by atoms with Gasteiger partial charge in [0.15, 0.2) is 0 Å². The summed E-state index contributed by atoms with van der Waals surface area (Å²) in [6.07, 6.45) is 11.9. The van der Waals surface area contributed by atoms with Gasteiger partial charge in [-0.3, -0.25) is 4.79 Å². The quantitative estimate of drug-likeness (QED) is 0.564. The second-order valence-corrected chi connectivity index (χ2v) is 9.82. The number of fused-ring (bicyclic) bond motifs is 5. The van der Waals surface area contributed by atoms with Gasteiger partial charge in [0, 0.05) is 12.8 Å². The molecule has 4 rings (SSSR count). The van der Waals surface area contributed by atoms with Crippen molar-refractivity contribution in [2.24, 2.45) is 34.5 Å². The number of aliphatic hydroxyl groups excluding tert-OH is 1. The molecule has 142 valence electrons. The van der Waals surface area contributed by atoms with Crippen molar-refractivity contribution in [3.8, 4) is 0 Å². The van der Waals surface area contributed by atoms with Gasteiger partial charge in [-0.25, -0.2) is 0 Å². The molecule has 0 spiro atoms. The van der Waals surface area contributed by atoms with Crippen LogP contribution in [0.5, 0.6) is 0 Å². The summed E-state index contributed by atoms with van der Waals surface area (Å²) in [5, 5.41) is 12.2. The minimum Gasteiger partial charge on any atom is -0.393 e. The van der Waals surface area contributed by atoms with Crippen LogP contribution in [0.25, 0.3) is 0 Å². The average molecular weight is 365 g/mol. The fourth-order valence-corrected chi connectivity index (χ4v) is 7.02. The summed E-state index contributed by atoms with van der Waals surface area (Å²) in [6.45, 7) is 6.77. The highest BCUT2D eigenvalue weighted by molar-refractivity contribution is 7.83. The van der Waals surface area contributed by atoms with Crippen molar-refractivity contribution in [2.75, 3.05) is 0 Å². The number of rotatable bonds is 0. The predicted octanol–water partition coefficient (Wildman–Crippen LogP) is 5.41. The van der Waals surface area contributed by atoms with Gasteiger partial charge in [0.05, 0.1) is 6.10 Å². The highest BCUT2D eigenvalue weighted by Crippen LogP contribution is 2.65. The molecule has 4 aliphatic carbocycles. The van der Waals surface area contributed by atoms with Crippen LogP contribution < -0.4 is 0 Å². The third-order valence-electron chi connectivity index (χ3n) is 8.58. The molecule has 0 heterocycles. The molecule has 0 radical (unpaired) electrons.